The van der Waals surface area contributed by atoms with Crippen molar-refractivity contribution in [3.8, 4) is 0 Å². The highest BCUT2D eigenvalue weighted by Gasteiger charge is 2.16. The Morgan fingerprint density at radius 2 is 1.65 bits per heavy atom. The second-order valence-electron chi connectivity index (χ2n) is 4.17. The van der Waals surface area contributed by atoms with Crippen molar-refractivity contribution in [1.82, 2.24) is 10.2 Å². The van der Waals surface area contributed by atoms with Crippen LogP contribution in [0.15, 0.2) is 0 Å². The molecule has 0 aromatic rings. The summed E-state index contributed by atoms with van der Waals surface area (Å²) in [4.78, 5) is 2.03. The van der Waals surface area contributed by atoms with Crippen LogP contribution in [0.2, 0.25) is 0 Å². The van der Waals surface area contributed by atoms with Gasteiger partial charge in [-0.1, -0.05) is 26.2 Å². The summed E-state index contributed by atoms with van der Waals surface area (Å²) < 4.78 is 0. The van der Waals surface area contributed by atoms with Gasteiger partial charge in [0.05, 0.1) is 26.0 Å². The molecule has 0 aliphatic rings. The first-order chi connectivity index (χ1) is 8.29. The molecule has 17 heavy (non-hydrogen) atoms. The van der Waals surface area contributed by atoms with Crippen LogP contribution in [0.25, 0.3) is 0 Å². The smallest absolute Gasteiger partial charge is 0.0599 e. The zero-order valence-corrected chi connectivity index (χ0v) is 10.9. The standard InChI is InChI=1S/C12H28N2O3/c1-2-3-4-5-12(13-6-9-15)14(7-10-16)8-11-17/h12-13,15-17H,2-11H2,1H3. The Bertz CT molecular complexity index is 153. The van der Waals surface area contributed by atoms with Crippen molar-refractivity contribution in [2.45, 2.75) is 38.8 Å². The molecule has 0 aliphatic heterocycles. The van der Waals surface area contributed by atoms with Crippen molar-refractivity contribution in [1.29, 1.82) is 0 Å². The predicted molar refractivity (Wildman–Crippen MR) is 68.8 cm³/mol. The van der Waals surface area contributed by atoms with Crippen molar-refractivity contribution >= 4 is 0 Å². The summed E-state index contributed by atoms with van der Waals surface area (Å²) in [6.07, 6.45) is 4.59. The normalized spacial score (nSPS) is 13.2. The lowest BCUT2D eigenvalue weighted by Gasteiger charge is -2.31. The maximum atomic E-state index is 9.01. The molecule has 0 spiro atoms. The summed E-state index contributed by atoms with van der Waals surface area (Å²) in [6, 6.07) is 0. The number of rotatable bonds is 12. The van der Waals surface area contributed by atoms with Crippen molar-refractivity contribution in [3.05, 3.63) is 0 Å². The van der Waals surface area contributed by atoms with E-state index in [1.54, 1.807) is 0 Å². The van der Waals surface area contributed by atoms with E-state index in [1.165, 1.54) is 12.8 Å². The number of nitrogens with one attached hydrogen (secondary N) is 1. The van der Waals surface area contributed by atoms with Gasteiger partial charge >= 0.3 is 0 Å². The van der Waals surface area contributed by atoms with Crippen LogP contribution in [0, 0.1) is 0 Å². The number of unbranched alkanes of at least 4 members (excludes halogenated alkanes) is 2. The fourth-order valence-electron chi connectivity index (χ4n) is 1.91. The van der Waals surface area contributed by atoms with Crippen LogP contribution >= 0.6 is 0 Å². The first kappa shape index (κ1) is 16.8. The van der Waals surface area contributed by atoms with Crippen LogP contribution in [0.1, 0.15) is 32.6 Å². The second kappa shape index (κ2) is 12.3. The maximum absolute atomic E-state index is 9.01. The van der Waals surface area contributed by atoms with E-state index in [9.17, 15) is 0 Å². The summed E-state index contributed by atoms with van der Waals surface area (Å²) in [6.45, 7) is 4.09. The first-order valence-corrected chi connectivity index (χ1v) is 6.60. The van der Waals surface area contributed by atoms with Gasteiger partial charge in [0.25, 0.3) is 0 Å². The minimum atomic E-state index is 0.0884. The molecule has 5 nitrogen and oxygen atoms in total. The Hall–Kier alpha value is -0.200. The molecule has 1 atom stereocenters. The average molecular weight is 248 g/mol. The van der Waals surface area contributed by atoms with Crippen LogP contribution in [0.4, 0.5) is 0 Å². The van der Waals surface area contributed by atoms with Gasteiger partial charge in [0, 0.05) is 19.6 Å². The fraction of sp³-hybridized carbons (Fsp3) is 1.00. The van der Waals surface area contributed by atoms with E-state index >= 15 is 0 Å². The van der Waals surface area contributed by atoms with E-state index < -0.39 is 0 Å². The number of hydrogen-bond donors (Lipinski definition) is 4. The SMILES string of the molecule is CCCCCC(NCCO)N(CCO)CCO. The molecule has 0 amide bonds. The minimum absolute atomic E-state index is 0.0884. The molecule has 104 valence electrons. The van der Waals surface area contributed by atoms with E-state index in [2.05, 4.69) is 12.2 Å². The van der Waals surface area contributed by atoms with Gasteiger partial charge < -0.3 is 15.3 Å². The molecule has 1 unspecified atom stereocenters. The highest BCUT2D eigenvalue weighted by atomic mass is 16.3. The Balaban J connectivity index is 4.15. The van der Waals surface area contributed by atoms with Gasteiger partial charge in [-0.05, 0) is 6.42 Å². The predicted octanol–water partition coefficient (Wildman–Crippen LogP) is -0.239. The van der Waals surface area contributed by atoms with Crippen molar-refractivity contribution in [3.63, 3.8) is 0 Å². The molecule has 0 aliphatic carbocycles. The third-order valence-corrected chi connectivity index (χ3v) is 2.79. The van der Waals surface area contributed by atoms with Crippen molar-refractivity contribution in [2.24, 2.45) is 0 Å². The highest BCUT2D eigenvalue weighted by molar-refractivity contribution is 4.69. The number of aliphatic hydroxyl groups excluding tert-OH is 3. The summed E-state index contributed by atoms with van der Waals surface area (Å²) in [5.74, 6) is 0. The molecule has 0 aromatic heterocycles. The molecule has 0 radical (unpaired) electrons. The van der Waals surface area contributed by atoms with Gasteiger partial charge in [0.1, 0.15) is 0 Å². The van der Waals surface area contributed by atoms with Gasteiger partial charge in [0.15, 0.2) is 0 Å². The molecule has 0 saturated carbocycles. The zero-order chi connectivity index (χ0) is 12.9. The molecule has 0 rings (SSSR count). The lowest BCUT2D eigenvalue weighted by atomic mass is 10.1. The molecule has 4 N–H and O–H groups in total. The summed E-state index contributed by atoms with van der Waals surface area (Å²) >= 11 is 0. The van der Waals surface area contributed by atoms with E-state index in [0.29, 0.717) is 19.6 Å². The molecular weight excluding hydrogens is 220 g/mol. The fourth-order valence-corrected chi connectivity index (χ4v) is 1.91. The number of nitrogens with zero attached hydrogens (tertiary/aromatic N) is 1. The van der Waals surface area contributed by atoms with Gasteiger partial charge in [-0.25, -0.2) is 0 Å². The summed E-state index contributed by atoms with van der Waals surface area (Å²) in [5.41, 5.74) is 0. The van der Waals surface area contributed by atoms with Gasteiger partial charge in [-0.3, -0.25) is 10.2 Å². The Morgan fingerprint density at radius 3 is 2.12 bits per heavy atom. The average Bonchev–Trinajstić information content (AvgIpc) is 2.33. The largest absolute Gasteiger partial charge is 0.395 e. The minimum Gasteiger partial charge on any atom is -0.395 e. The van der Waals surface area contributed by atoms with Crippen LogP contribution in [-0.4, -0.2) is 65.8 Å². The molecule has 0 aromatic carbocycles. The van der Waals surface area contributed by atoms with Gasteiger partial charge in [-0.2, -0.15) is 0 Å². The molecule has 0 bridgehead atoms. The monoisotopic (exact) mass is 248 g/mol. The van der Waals surface area contributed by atoms with Crippen LogP contribution < -0.4 is 5.32 Å². The van der Waals surface area contributed by atoms with E-state index in [-0.39, 0.29) is 26.0 Å². The topological polar surface area (TPSA) is 76.0 Å². The summed E-state index contributed by atoms with van der Waals surface area (Å²) in [7, 11) is 0. The van der Waals surface area contributed by atoms with Gasteiger partial charge in [-0.15, -0.1) is 0 Å². The number of aliphatic hydroxyl groups is 3. The molecule has 5 heteroatoms. The third kappa shape index (κ3) is 8.51. The zero-order valence-electron chi connectivity index (χ0n) is 10.9. The molecule has 0 saturated heterocycles. The van der Waals surface area contributed by atoms with E-state index in [4.69, 9.17) is 15.3 Å². The number of hydrogen-bond acceptors (Lipinski definition) is 5. The van der Waals surface area contributed by atoms with E-state index in [0.717, 1.165) is 12.8 Å². The van der Waals surface area contributed by atoms with Crippen molar-refractivity contribution in [2.75, 3.05) is 39.5 Å². The van der Waals surface area contributed by atoms with Crippen LogP contribution in [-0.2, 0) is 0 Å². The molecule has 0 fully saturated rings. The van der Waals surface area contributed by atoms with Crippen LogP contribution in [0.5, 0.6) is 0 Å². The summed E-state index contributed by atoms with van der Waals surface area (Å²) in [5, 5.41) is 30.1. The lowest BCUT2D eigenvalue weighted by Crippen LogP contribution is -2.48. The molecule has 0 heterocycles. The lowest BCUT2D eigenvalue weighted by molar-refractivity contribution is 0.0943. The first-order valence-electron chi connectivity index (χ1n) is 6.60. The maximum Gasteiger partial charge on any atom is 0.0599 e. The van der Waals surface area contributed by atoms with Crippen LogP contribution in [0.3, 0.4) is 0 Å². The Labute approximate surface area is 104 Å². The van der Waals surface area contributed by atoms with Crippen molar-refractivity contribution < 1.29 is 15.3 Å². The Morgan fingerprint density at radius 1 is 1.00 bits per heavy atom. The second-order valence-corrected chi connectivity index (χ2v) is 4.17. The quantitative estimate of drug-likeness (QED) is 0.283. The van der Waals surface area contributed by atoms with Gasteiger partial charge in [0.2, 0.25) is 0 Å². The highest BCUT2D eigenvalue weighted by Crippen LogP contribution is 2.07. The van der Waals surface area contributed by atoms with E-state index in [1.807, 2.05) is 4.90 Å². The third-order valence-electron chi connectivity index (χ3n) is 2.79. The molecular formula is C12H28N2O3. The Kier molecular flexibility index (Phi) is 12.1.